The number of nitrogens with zero attached hydrogens (tertiary/aromatic N) is 2. The van der Waals surface area contributed by atoms with Gasteiger partial charge in [0, 0.05) is 11.3 Å². The van der Waals surface area contributed by atoms with Crippen molar-refractivity contribution < 1.29 is 9.90 Å². The van der Waals surface area contributed by atoms with Crippen LogP contribution in [-0.2, 0) is 12.8 Å². The molecule has 0 radical (unpaired) electrons. The Morgan fingerprint density at radius 1 is 1.37 bits per heavy atom. The fourth-order valence-corrected chi connectivity index (χ4v) is 3.59. The molecular formula is C21H28N4O2. The van der Waals surface area contributed by atoms with Crippen LogP contribution in [-0.4, -0.2) is 26.9 Å². The lowest BCUT2D eigenvalue weighted by molar-refractivity contribution is 0.0947. The average molecular weight is 368 g/mol. The molecule has 0 saturated carbocycles. The Morgan fingerprint density at radius 2 is 2.07 bits per heavy atom. The number of amides is 1. The zero-order chi connectivity index (χ0) is 19.6. The van der Waals surface area contributed by atoms with Crippen LogP contribution in [0.25, 0.3) is 0 Å². The van der Waals surface area contributed by atoms with Crippen LogP contribution >= 0.6 is 0 Å². The fourth-order valence-electron chi connectivity index (χ4n) is 3.59. The van der Waals surface area contributed by atoms with Gasteiger partial charge in [-0.1, -0.05) is 27.2 Å². The van der Waals surface area contributed by atoms with Crippen molar-refractivity contribution in [2.45, 2.75) is 53.4 Å². The van der Waals surface area contributed by atoms with Crippen molar-refractivity contribution >= 4 is 11.6 Å². The van der Waals surface area contributed by atoms with E-state index in [1.54, 1.807) is 24.3 Å². The highest BCUT2D eigenvalue weighted by Crippen LogP contribution is 2.40. The van der Waals surface area contributed by atoms with Crippen molar-refractivity contribution in [2.24, 2.45) is 16.4 Å². The van der Waals surface area contributed by atoms with E-state index in [1.807, 2.05) is 6.92 Å². The van der Waals surface area contributed by atoms with Crippen LogP contribution in [0.15, 0.2) is 29.4 Å². The van der Waals surface area contributed by atoms with Gasteiger partial charge < -0.3 is 5.11 Å². The molecule has 6 nitrogen and oxygen atoms in total. The summed E-state index contributed by atoms with van der Waals surface area (Å²) >= 11 is 0. The molecule has 3 N–H and O–H groups in total. The number of carbonyl (C=O) groups is 1. The van der Waals surface area contributed by atoms with E-state index < -0.39 is 0 Å². The standard InChI is InChI=1S/C21H28N4O2/c1-5-21(3,4)15-8-11-18-17(12-15)19(24-23-18)20(27)25-22-13(2)14-6-9-16(26)10-7-14/h6-7,9-10,15,26H,5,8,11-12H2,1-4H3,(H,23,24)(H,25,27)/b22-13-/t15-/m0/s1. The number of carbonyl (C=O) groups excluding carboxylic acids is 1. The average Bonchev–Trinajstić information content (AvgIpc) is 3.09. The molecule has 1 amide bonds. The molecule has 1 aliphatic carbocycles. The van der Waals surface area contributed by atoms with Crippen LogP contribution < -0.4 is 5.43 Å². The molecule has 0 aliphatic heterocycles. The van der Waals surface area contributed by atoms with Gasteiger partial charge in [0.1, 0.15) is 5.75 Å². The summed E-state index contributed by atoms with van der Waals surface area (Å²) in [5.74, 6) is 0.449. The topological polar surface area (TPSA) is 90.4 Å². The van der Waals surface area contributed by atoms with E-state index in [2.05, 4.69) is 41.5 Å². The minimum Gasteiger partial charge on any atom is -0.508 e. The van der Waals surface area contributed by atoms with Crippen LogP contribution in [0.5, 0.6) is 5.75 Å². The third kappa shape index (κ3) is 4.04. The summed E-state index contributed by atoms with van der Waals surface area (Å²) in [6.07, 6.45) is 4.04. The molecule has 0 bridgehead atoms. The summed E-state index contributed by atoms with van der Waals surface area (Å²) in [6, 6.07) is 6.70. The Labute approximate surface area is 160 Å². The Morgan fingerprint density at radius 3 is 2.74 bits per heavy atom. The predicted octanol–water partition coefficient (Wildman–Crippen LogP) is 3.81. The normalized spacial score (nSPS) is 17.5. The van der Waals surface area contributed by atoms with Crippen LogP contribution in [0, 0.1) is 11.3 Å². The van der Waals surface area contributed by atoms with E-state index in [1.165, 1.54) is 0 Å². The van der Waals surface area contributed by atoms with Crippen LogP contribution in [0.1, 0.15) is 67.8 Å². The van der Waals surface area contributed by atoms with Crippen molar-refractivity contribution in [1.29, 1.82) is 0 Å². The first kappa shape index (κ1) is 19.1. The SMILES string of the molecule is CCC(C)(C)[C@H]1CCc2[nH]nc(C(=O)N/N=C(/C)c3ccc(O)cc3)c2C1. The van der Waals surface area contributed by atoms with E-state index >= 15 is 0 Å². The molecular weight excluding hydrogens is 340 g/mol. The monoisotopic (exact) mass is 368 g/mol. The minimum absolute atomic E-state index is 0.197. The van der Waals surface area contributed by atoms with E-state index in [0.717, 1.165) is 42.5 Å². The van der Waals surface area contributed by atoms with Crippen molar-refractivity contribution in [3.63, 3.8) is 0 Å². The van der Waals surface area contributed by atoms with E-state index in [-0.39, 0.29) is 17.1 Å². The molecule has 0 spiro atoms. The van der Waals surface area contributed by atoms with Crippen molar-refractivity contribution in [3.05, 3.63) is 46.8 Å². The smallest absolute Gasteiger partial charge is 0.292 e. The molecule has 1 aliphatic rings. The number of aryl methyl sites for hydroxylation is 1. The third-order valence-corrected chi connectivity index (χ3v) is 5.99. The molecule has 0 fully saturated rings. The maximum absolute atomic E-state index is 12.7. The maximum Gasteiger partial charge on any atom is 0.292 e. The number of aromatic amines is 1. The van der Waals surface area contributed by atoms with Crippen molar-refractivity contribution in [1.82, 2.24) is 15.6 Å². The van der Waals surface area contributed by atoms with E-state index in [0.29, 0.717) is 17.3 Å². The number of hydrazone groups is 1. The van der Waals surface area contributed by atoms with Gasteiger partial charge in [0.05, 0.1) is 5.71 Å². The third-order valence-electron chi connectivity index (χ3n) is 5.99. The van der Waals surface area contributed by atoms with Gasteiger partial charge in [-0.15, -0.1) is 0 Å². The van der Waals surface area contributed by atoms with Gasteiger partial charge in [-0.2, -0.15) is 10.2 Å². The number of fused-ring (bicyclic) bond motifs is 1. The molecule has 2 aromatic rings. The lowest BCUT2D eigenvalue weighted by Crippen LogP contribution is -2.30. The first-order valence-electron chi connectivity index (χ1n) is 9.52. The highest BCUT2D eigenvalue weighted by molar-refractivity contribution is 6.00. The number of nitrogens with one attached hydrogen (secondary N) is 2. The summed E-state index contributed by atoms with van der Waals surface area (Å²) in [5.41, 5.74) is 6.92. The van der Waals surface area contributed by atoms with E-state index in [9.17, 15) is 9.90 Å². The zero-order valence-corrected chi connectivity index (χ0v) is 16.5. The predicted molar refractivity (Wildman–Crippen MR) is 106 cm³/mol. The van der Waals surface area contributed by atoms with Gasteiger partial charge in [-0.25, -0.2) is 5.43 Å². The van der Waals surface area contributed by atoms with Gasteiger partial charge in [-0.05, 0) is 67.3 Å². The molecule has 0 unspecified atom stereocenters. The molecule has 1 heterocycles. The van der Waals surface area contributed by atoms with Crippen LogP contribution in [0.4, 0.5) is 0 Å². The molecule has 1 aromatic heterocycles. The molecule has 1 aromatic carbocycles. The Balaban J connectivity index is 1.74. The number of benzene rings is 1. The molecule has 27 heavy (non-hydrogen) atoms. The second-order valence-corrected chi connectivity index (χ2v) is 8.00. The Bertz CT molecular complexity index is 850. The summed E-state index contributed by atoms with van der Waals surface area (Å²) < 4.78 is 0. The largest absolute Gasteiger partial charge is 0.508 e. The molecule has 1 atom stereocenters. The van der Waals surface area contributed by atoms with Gasteiger partial charge in [-0.3, -0.25) is 9.89 Å². The summed E-state index contributed by atoms with van der Waals surface area (Å²) in [4.78, 5) is 12.7. The summed E-state index contributed by atoms with van der Waals surface area (Å²) in [6.45, 7) is 8.63. The van der Waals surface area contributed by atoms with Gasteiger partial charge >= 0.3 is 0 Å². The number of phenolic OH excluding ortho intramolecular Hbond substituents is 1. The lowest BCUT2D eigenvalue weighted by Gasteiger charge is -2.36. The number of hydrogen-bond donors (Lipinski definition) is 3. The van der Waals surface area contributed by atoms with Crippen molar-refractivity contribution in [2.75, 3.05) is 0 Å². The van der Waals surface area contributed by atoms with Crippen LogP contribution in [0.3, 0.4) is 0 Å². The van der Waals surface area contributed by atoms with Gasteiger partial charge in [0.2, 0.25) is 0 Å². The van der Waals surface area contributed by atoms with E-state index in [4.69, 9.17) is 0 Å². The second-order valence-electron chi connectivity index (χ2n) is 8.00. The highest BCUT2D eigenvalue weighted by atomic mass is 16.3. The number of aromatic hydroxyl groups is 1. The number of hydrogen-bond acceptors (Lipinski definition) is 4. The van der Waals surface area contributed by atoms with Crippen molar-refractivity contribution in [3.8, 4) is 5.75 Å². The number of rotatable bonds is 5. The lowest BCUT2D eigenvalue weighted by atomic mass is 9.69. The fraction of sp³-hybridized carbons (Fsp3) is 0.476. The second kappa shape index (κ2) is 7.55. The molecule has 3 rings (SSSR count). The number of phenols is 1. The Hall–Kier alpha value is -2.63. The minimum atomic E-state index is -0.291. The molecule has 144 valence electrons. The summed E-state index contributed by atoms with van der Waals surface area (Å²) in [5, 5.41) is 20.9. The zero-order valence-electron chi connectivity index (χ0n) is 16.5. The summed E-state index contributed by atoms with van der Waals surface area (Å²) in [7, 11) is 0. The highest BCUT2D eigenvalue weighted by Gasteiger charge is 2.34. The molecule has 6 heteroatoms. The number of aromatic nitrogens is 2. The Kier molecular flexibility index (Phi) is 5.35. The van der Waals surface area contributed by atoms with Crippen LogP contribution in [0.2, 0.25) is 0 Å². The molecule has 0 saturated heterocycles. The maximum atomic E-state index is 12.7. The first-order valence-corrected chi connectivity index (χ1v) is 9.52. The quantitative estimate of drug-likeness (QED) is 0.554. The van der Waals surface area contributed by atoms with Gasteiger partial charge in [0.15, 0.2) is 5.69 Å². The number of H-pyrrole nitrogens is 1. The first-order chi connectivity index (χ1) is 12.8. The van der Waals surface area contributed by atoms with Gasteiger partial charge in [0.25, 0.3) is 5.91 Å².